The second-order valence-corrected chi connectivity index (χ2v) is 7.91. The van der Waals surface area contributed by atoms with E-state index in [0.29, 0.717) is 5.75 Å². The molecule has 0 saturated carbocycles. The molecule has 8 heteroatoms. The number of hydrogen-bond donors (Lipinski definition) is 1. The van der Waals surface area contributed by atoms with E-state index >= 15 is 0 Å². The van der Waals surface area contributed by atoms with Crippen molar-refractivity contribution < 1.29 is 9.53 Å². The minimum Gasteiger partial charge on any atom is -0.497 e. The number of thioether (sulfide) groups is 1. The SMILES string of the molecule is COc1ccc2nc(SCC(=O)c3cc(C)n(-c4nccs4)c3C)[nH]c2c1. The number of H-pyrrole nitrogens is 1. The standard InChI is InChI=1S/C19H18N4O2S2/c1-11-8-14(12(2)23(11)19-20-6-7-26-19)17(24)10-27-18-21-15-5-4-13(25-3)9-16(15)22-18/h4-9H,10H2,1-3H3,(H,21,22). The van der Waals surface area contributed by atoms with Crippen molar-refractivity contribution in [3.05, 3.63) is 52.8 Å². The fraction of sp³-hybridized carbons (Fsp3) is 0.211. The number of ketones is 1. The van der Waals surface area contributed by atoms with E-state index in [2.05, 4.69) is 15.0 Å². The van der Waals surface area contributed by atoms with Gasteiger partial charge in [0.25, 0.3) is 0 Å². The predicted molar refractivity (Wildman–Crippen MR) is 109 cm³/mol. The molecular weight excluding hydrogens is 380 g/mol. The summed E-state index contributed by atoms with van der Waals surface area (Å²) in [6.07, 6.45) is 1.77. The molecule has 6 nitrogen and oxygen atoms in total. The first-order valence-electron chi connectivity index (χ1n) is 8.35. The number of carbonyl (C=O) groups is 1. The molecule has 0 aliphatic heterocycles. The van der Waals surface area contributed by atoms with Crippen molar-refractivity contribution in [2.75, 3.05) is 12.9 Å². The number of aromatic amines is 1. The molecule has 0 spiro atoms. The largest absolute Gasteiger partial charge is 0.497 e. The van der Waals surface area contributed by atoms with Gasteiger partial charge in [-0.25, -0.2) is 9.97 Å². The highest BCUT2D eigenvalue weighted by atomic mass is 32.2. The Hall–Kier alpha value is -2.58. The monoisotopic (exact) mass is 398 g/mol. The molecule has 0 unspecified atom stereocenters. The predicted octanol–water partition coefficient (Wildman–Crippen LogP) is 4.41. The summed E-state index contributed by atoms with van der Waals surface area (Å²) in [4.78, 5) is 24.9. The average molecular weight is 399 g/mol. The highest BCUT2D eigenvalue weighted by Crippen LogP contribution is 2.26. The highest BCUT2D eigenvalue weighted by Gasteiger charge is 2.18. The molecule has 0 amide bonds. The van der Waals surface area contributed by atoms with Crippen molar-refractivity contribution in [2.24, 2.45) is 0 Å². The van der Waals surface area contributed by atoms with E-state index < -0.39 is 0 Å². The number of carbonyl (C=O) groups excluding carboxylic acids is 1. The van der Waals surface area contributed by atoms with Gasteiger partial charge in [-0.15, -0.1) is 11.3 Å². The third kappa shape index (κ3) is 3.38. The lowest BCUT2D eigenvalue weighted by molar-refractivity contribution is 0.102. The number of ether oxygens (including phenoxy) is 1. The van der Waals surface area contributed by atoms with Crippen LogP contribution in [0.2, 0.25) is 0 Å². The van der Waals surface area contributed by atoms with Gasteiger partial charge in [-0.05, 0) is 32.0 Å². The number of methoxy groups -OCH3 is 1. The van der Waals surface area contributed by atoms with Crippen molar-refractivity contribution in [1.82, 2.24) is 19.5 Å². The lowest BCUT2D eigenvalue weighted by Crippen LogP contribution is -2.05. The summed E-state index contributed by atoms with van der Waals surface area (Å²) in [7, 11) is 1.63. The smallest absolute Gasteiger partial charge is 0.193 e. The zero-order chi connectivity index (χ0) is 19.0. The molecule has 4 aromatic rings. The van der Waals surface area contributed by atoms with Crippen LogP contribution in [0.1, 0.15) is 21.7 Å². The van der Waals surface area contributed by atoms with Crippen LogP contribution in [0.3, 0.4) is 0 Å². The van der Waals surface area contributed by atoms with Gasteiger partial charge in [0.15, 0.2) is 16.1 Å². The van der Waals surface area contributed by atoms with Gasteiger partial charge < -0.3 is 9.72 Å². The number of nitrogens with zero attached hydrogens (tertiary/aromatic N) is 3. The van der Waals surface area contributed by atoms with E-state index in [9.17, 15) is 4.79 Å². The Kier molecular flexibility index (Phi) is 4.75. The van der Waals surface area contributed by atoms with Crippen LogP contribution in [-0.4, -0.2) is 38.2 Å². The summed E-state index contributed by atoms with van der Waals surface area (Å²) in [5.41, 5.74) is 4.40. The molecule has 1 aromatic carbocycles. The molecule has 3 aromatic heterocycles. The quantitative estimate of drug-likeness (QED) is 0.385. The van der Waals surface area contributed by atoms with Crippen LogP contribution in [0.4, 0.5) is 0 Å². The molecule has 0 fully saturated rings. The van der Waals surface area contributed by atoms with Crippen LogP contribution in [0.5, 0.6) is 5.75 Å². The number of aromatic nitrogens is 4. The van der Waals surface area contributed by atoms with Crippen LogP contribution < -0.4 is 4.74 Å². The van der Waals surface area contributed by atoms with Crippen molar-refractivity contribution in [2.45, 2.75) is 19.0 Å². The van der Waals surface area contributed by atoms with Crippen LogP contribution in [-0.2, 0) is 0 Å². The van der Waals surface area contributed by atoms with Crippen LogP contribution >= 0.6 is 23.1 Å². The maximum Gasteiger partial charge on any atom is 0.193 e. The highest BCUT2D eigenvalue weighted by molar-refractivity contribution is 7.99. The molecule has 27 heavy (non-hydrogen) atoms. The Bertz CT molecular complexity index is 1110. The minimum atomic E-state index is 0.0777. The van der Waals surface area contributed by atoms with Gasteiger partial charge in [0.1, 0.15) is 5.75 Å². The van der Waals surface area contributed by atoms with Gasteiger partial charge >= 0.3 is 0 Å². The van der Waals surface area contributed by atoms with E-state index in [1.807, 2.05) is 48.1 Å². The summed E-state index contributed by atoms with van der Waals surface area (Å²) >= 11 is 2.96. The summed E-state index contributed by atoms with van der Waals surface area (Å²) in [6, 6.07) is 7.60. The first kappa shape index (κ1) is 17.8. The van der Waals surface area contributed by atoms with E-state index in [0.717, 1.165) is 44.0 Å². The zero-order valence-corrected chi connectivity index (χ0v) is 16.8. The number of aryl methyl sites for hydroxylation is 1. The Morgan fingerprint density at radius 1 is 1.33 bits per heavy atom. The fourth-order valence-electron chi connectivity index (χ4n) is 3.04. The normalized spacial score (nSPS) is 11.2. The van der Waals surface area contributed by atoms with E-state index in [4.69, 9.17) is 4.74 Å². The fourth-order valence-corrected chi connectivity index (χ4v) is 4.56. The van der Waals surface area contributed by atoms with Gasteiger partial charge in [0.2, 0.25) is 0 Å². The molecule has 0 aliphatic rings. The zero-order valence-electron chi connectivity index (χ0n) is 15.1. The van der Waals surface area contributed by atoms with E-state index in [1.165, 1.54) is 11.8 Å². The first-order chi connectivity index (χ1) is 13.1. The summed E-state index contributed by atoms with van der Waals surface area (Å²) in [6.45, 7) is 3.95. The topological polar surface area (TPSA) is 72.8 Å². The minimum absolute atomic E-state index is 0.0777. The van der Waals surface area contributed by atoms with Crippen LogP contribution in [0.15, 0.2) is 41.0 Å². The number of imidazole rings is 1. The third-order valence-corrected chi connectivity index (χ3v) is 5.98. The number of thiazole rings is 1. The Morgan fingerprint density at radius 3 is 2.93 bits per heavy atom. The number of fused-ring (bicyclic) bond motifs is 1. The lowest BCUT2D eigenvalue weighted by atomic mass is 10.2. The number of nitrogens with one attached hydrogen (secondary N) is 1. The van der Waals surface area contributed by atoms with Crippen molar-refractivity contribution in [3.63, 3.8) is 0 Å². The molecule has 0 saturated heterocycles. The lowest BCUT2D eigenvalue weighted by Gasteiger charge is -2.05. The number of hydrogen-bond acceptors (Lipinski definition) is 6. The summed E-state index contributed by atoms with van der Waals surface area (Å²) < 4.78 is 7.25. The van der Waals surface area contributed by atoms with Gasteiger partial charge in [0, 0.05) is 34.6 Å². The van der Waals surface area contributed by atoms with Crippen molar-refractivity contribution in [1.29, 1.82) is 0 Å². The molecule has 0 bridgehead atoms. The molecule has 3 heterocycles. The molecular formula is C19H18N4O2S2. The van der Waals surface area contributed by atoms with Crippen LogP contribution in [0.25, 0.3) is 16.2 Å². The third-order valence-electron chi connectivity index (χ3n) is 4.35. The number of Topliss-reactive ketones (excluding diaryl/α,β-unsaturated/α-hetero) is 1. The Labute approximate surface area is 164 Å². The molecule has 138 valence electrons. The molecule has 4 rings (SSSR count). The maximum atomic E-state index is 12.8. The summed E-state index contributed by atoms with van der Waals surface area (Å²) in [5.74, 6) is 1.17. The van der Waals surface area contributed by atoms with Crippen molar-refractivity contribution >= 4 is 39.9 Å². The number of benzene rings is 1. The van der Waals surface area contributed by atoms with E-state index in [-0.39, 0.29) is 5.78 Å². The molecule has 0 radical (unpaired) electrons. The molecule has 0 aliphatic carbocycles. The van der Waals surface area contributed by atoms with Gasteiger partial charge in [-0.3, -0.25) is 9.36 Å². The Balaban J connectivity index is 1.52. The van der Waals surface area contributed by atoms with Gasteiger partial charge in [-0.2, -0.15) is 0 Å². The molecule has 0 atom stereocenters. The van der Waals surface area contributed by atoms with Crippen molar-refractivity contribution in [3.8, 4) is 10.9 Å². The first-order valence-corrected chi connectivity index (χ1v) is 10.2. The average Bonchev–Trinajstić information content (AvgIpc) is 3.38. The number of rotatable bonds is 6. The second kappa shape index (κ2) is 7.21. The van der Waals surface area contributed by atoms with Crippen LogP contribution in [0, 0.1) is 13.8 Å². The second-order valence-electron chi connectivity index (χ2n) is 6.07. The van der Waals surface area contributed by atoms with E-state index in [1.54, 1.807) is 24.6 Å². The van der Waals surface area contributed by atoms with Gasteiger partial charge in [0.05, 0.1) is 23.9 Å². The summed E-state index contributed by atoms with van der Waals surface area (Å²) in [5, 5.41) is 3.53. The maximum absolute atomic E-state index is 12.8. The molecule has 1 N–H and O–H groups in total. The van der Waals surface area contributed by atoms with Gasteiger partial charge in [-0.1, -0.05) is 11.8 Å². The Morgan fingerprint density at radius 2 is 2.19 bits per heavy atom.